The van der Waals surface area contributed by atoms with Crippen LogP contribution in [-0.2, 0) is 6.42 Å². The summed E-state index contributed by atoms with van der Waals surface area (Å²) in [5.41, 5.74) is 2.96. The molecule has 0 spiro atoms. The van der Waals surface area contributed by atoms with Crippen LogP contribution in [-0.4, -0.2) is 20.7 Å². The Hall–Kier alpha value is -2.11. The molecule has 0 radical (unpaired) electrons. The lowest BCUT2D eigenvalue weighted by Crippen LogP contribution is -2.31. The van der Waals surface area contributed by atoms with E-state index in [1.807, 2.05) is 0 Å². The molecule has 0 aliphatic heterocycles. The molecule has 2 aromatic rings. The minimum atomic E-state index is -0.193. The minimum Gasteiger partial charge on any atom is -0.436 e. The molecule has 1 fully saturated rings. The van der Waals surface area contributed by atoms with E-state index in [4.69, 9.17) is 9.52 Å². The highest BCUT2D eigenvalue weighted by Crippen LogP contribution is 2.34. The van der Waals surface area contributed by atoms with E-state index in [-0.39, 0.29) is 11.9 Å². The largest absolute Gasteiger partial charge is 0.436 e. The Labute approximate surface area is 141 Å². The number of oxazole rings is 1. The lowest BCUT2D eigenvalue weighted by Gasteiger charge is -2.21. The number of hydrogen-bond donors (Lipinski definition) is 1. The lowest BCUT2D eigenvalue weighted by atomic mass is 9.93. The van der Waals surface area contributed by atoms with Crippen LogP contribution in [0.4, 0.5) is 0 Å². The number of carbonyl (C=O) groups excluding carboxylic acids is 1. The zero-order valence-corrected chi connectivity index (χ0v) is 14.3. The second kappa shape index (κ2) is 6.07. The summed E-state index contributed by atoms with van der Waals surface area (Å²) in [5, 5.41) is 7.95. The molecule has 1 saturated carbocycles. The van der Waals surface area contributed by atoms with Gasteiger partial charge in [-0.15, -0.1) is 0 Å². The molecule has 6 heteroatoms. The highest BCUT2D eigenvalue weighted by molar-refractivity contribution is 5.92. The predicted octanol–water partition coefficient (Wildman–Crippen LogP) is 3.41. The number of hydrogen-bond acceptors (Lipinski definition) is 4. The van der Waals surface area contributed by atoms with Crippen molar-refractivity contribution in [2.45, 2.75) is 70.9 Å². The van der Waals surface area contributed by atoms with Gasteiger partial charge in [-0.2, -0.15) is 5.10 Å². The second-order valence-corrected chi connectivity index (χ2v) is 7.02. The number of nitrogens with zero attached hydrogens (tertiary/aromatic N) is 3. The quantitative estimate of drug-likeness (QED) is 0.937. The van der Waals surface area contributed by atoms with Crippen LogP contribution in [0, 0.1) is 13.8 Å². The molecule has 24 heavy (non-hydrogen) atoms. The Morgan fingerprint density at radius 3 is 2.75 bits per heavy atom. The van der Waals surface area contributed by atoms with Gasteiger partial charge in [0.1, 0.15) is 0 Å². The summed E-state index contributed by atoms with van der Waals surface area (Å²) in [6.45, 7) is 3.55. The summed E-state index contributed by atoms with van der Waals surface area (Å²) in [7, 11) is 0. The molecule has 2 aliphatic rings. The van der Waals surface area contributed by atoms with Gasteiger partial charge < -0.3 is 9.73 Å². The van der Waals surface area contributed by atoms with Crippen molar-refractivity contribution in [3.63, 3.8) is 0 Å². The number of rotatable bonds is 3. The third kappa shape index (κ3) is 2.74. The van der Waals surface area contributed by atoms with Gasteiger partial charge in [-0.05, 0) is 44.6 Å². The average molecular weight is 328 g/mol. The SMILES string of the molecule is Cc1nc(C)c(C(=O)N[C@H]2CCCc3cn(C4CCCC4)nc32)o1. The van der Waals surface area contributed by atoms with E-state index < -0.39 is 0 Å². The molecule has 0 unspecified atom stereocenters. The van der Waals surface area contributed by atoms with Crippen LogP contribution in [0.2, 0.25) is 0 Å². The number of aromatic nitrogens is 3. The van der Waals surface area contributed by atoms with E-state index in [2.05, 4.69) is 21.2 Å². The predicted molar refractivity (Wildman–Crippen MR) is 88.9 cm³/mol. The topological polar surface area (TPSA) is 73.0 Å². The maximum Gasteiger partial charge on any atom is 0.289 e. The van der Waals surface area contributed by atoms with Crippen molar-refractivity contribution in [1.29, 1.82) is 0 Å². The van der Waals surface area contributed by atoms with Crippen LogP contribution < -0.4 is 5.32 Å². The highest BCUT2D eigenvalue weighted by Gasteiger charge is 2.29. The Balaban J connectivity index is 1.55. The van der Waals surface area contributed by atoms with Crippen LogP contribution in [0.1, 0.15) is 84.0 Å². The summed E-state index contributed by atoms with van der Waals surface area (Å²) in [6, 6.07) is 0.500. The van der Waals surface area contributed by atoms with E-state index in [9.17, 15) is 4.79 Å². The van der Waals surface area contributed by atoms with Crippen LogP contribution >= 0.6 is 0 Å². The molecule has 4 rings (SSSR count). The summed E-state index contributed by atoms with van der Waals surface area (Å²) >= 11 is 0. The van der Waals surface area contributed by atoms with E-state index in [0.717, 1.165) is 25.0 Å². The molecule has 6 nitrogen and oxygen atoms in total. The normalized spacial score (nSPS) is 21.0. The number of nitrogens with one attached hydrogen (secondary N) is 1. The van der Waals surface area contributed by atoms with Crippen molar-refractivity contribution in [2.24, 2.45) is 0 Å². The Bertz CT molecular complexity index is 755. The van der Waals surface area contributed by atoms with Crippen LogP contribution in [0.5, 0.6) is 0 Å². The van der Waals surface area contributed by atoms with Crippen molar-refractivity contribution in [1.82, 2.24) is 20.1 Å². The fraction of sp³-hybridized carbons (Fsp3) is 0.611. The number of carbonyl (C=O) groups is 1. The molecule has 128 valence electrons. The van der Waals surface area contributed by atoms with Crippen molar-refractivity contribution in [3.8, 4) is 0 Å². The molecular formula is C18H24N4O2. The van der Waals surface area contributed by atoms with E-state index in [0.29, 0.717) is 23.4 Å². The molecule has 1 atom stereocenters. The van der Waals surface area contributed by atoms with Gasteiger partial charge in [-0.25, -0.2) is 4.98 Å². The van der Waals surface area contributed by atoms with Crippen LogP contribution in [0.25, 0.3) is 0 Å². The smallest absolute Gasteiger partial charge is 0.289 e. The van der Waals surface area contributed by atoms with Crippen molar-refractivity contribution < 1.29 is 9.21 Å². The molecule has 0 bridgehead atoms. The highest BCUT2D eigenvalue weighted by atomic mass is 16.4. The maximum absolute atomic E-state index is 12.5. The molecule has 0 aromatic carbocycles. The Morgan fingerprint density at radius 1 is 1.25 bits per heavy atom. The van der Waals surface area contributed by atoms with Crippen molar-refractivity contribution in [2.75, 3.05) is 0 Å². The molecule has 2 aliphatic carbocycles. The lowest BCUT2D eigenvalue weighted by molar-refractivity contribution is 0.0901. The van der Waals surface area contributed by atoms with Gasteiger partial charge in [-0.1, -0.05) is 12.8 Å². The first kappa shape index (κ1) is 15.4. The van der Waals surface area contributed by atoms with Gasteiger partial charge in [0.25, 0.3) is 5.91 Å². The zero-order chi connectivity index (χ0) is 16.7. The molecular weight excluding hydrogens is 304 g/mol. The standard InChI is InChI=1S/C18H24N4O2/c1-11-17(24-12(2)19-11)18(23)20-15-9-5-6-13-10-22(21-16(13)15)14-7-3-4-8-14/h10,14-15H,3-9H2,1-2H3,(H,20,23)/t15-/m0/s1. The van der Waals surface area contributed by atoms with E-state index in [1.54, 1.807) is 13.8 Å². The molecule has 2 aromatic heterocycles. The van der Waals surface area contributed by atoms with Gasteiger partial charge in [0.2, 0.25) is 5.76 Å². The van der Waals surface area contributed by atoms with Crippen LogP contribution in [0.15, 0.2) is 10.6 Å². The van der Waals surface area contributed by atoms with Crippen molar-refractivity contribution in [3.05, 3.63) is 34.8 Å². The third-order valence-electron chi connectivity index (χ3n) is 5.22. The molecule has 0 saturated heterocycles. The molecule has 1 N–H and O–H groups in total. The monoisotopic (exact) mass is 328 g/mol. The first-order valence-electron chi connectivity index (χ1n) is 8.94. The first-order valence-corrected chi connectivity index (χ1v) is 8.94. The van der Waals surface area contributed by atoms with Gasteiger partial charge in [0.05, 0.1) is 23.5 Å². The maximum atomic E-state index is 12.5. The summed E-state index contributed by atoms with van der Waals surface area (Å²) in [5.74, 6) is 0.642. The van der Waals surface area contributed by atoms with Crippen molar-refractivity contribution >= 4 is 5.91 Å². The number of amides is 1. The third-order valence-corrected chi connectivity index (χ3v) is 5.22. The van der Waals surface area contributed by atoms with Gasteiger partial charge >= 0.3 is 0 Å². The Kier molecular flexibility index (Phi) is 3.90. The number of aryl methyl sites for hydroxylation is 3. The van der Waals surface area contributed by atoms with Crippen LogP contribution in [0.3, 0.4) is 0 Å². The van der Waals surface area contributed by atoms with Gasteiger partial charge in [0.15, 0.2) is 5.89 Å². The summed E-state index contributed by atoms with van der Waals surface area (Å²) < 4.78 is 7.59. The van der Waals surface area contributed by atoms with E-state index >= 15 is 0 Å². The summed E-state index contributed by atoms with van der Waals surface area (Å²) in [6.07, 6.45) is 10.3. The number of fused-ring (bicyclic) bond motifs is 1. The average Bonchev–Trinajstić information content (AvgIpc) is 3.26. The minimum absolute atomic E-state index is 0.0336. The van der Waals surface area contributed by atoms with Gasteiger partial charge in [0, 0.05) is 13.1 Å². The second-order valence-electron chi connectivity index (χ2n) is 7.02. The fourth-order valence-electron chi connectivity index (χ4n) is 4.02. The first-order chi connectivity index (χ1) is 11.6. The fourth-order valence-corrected chi connectivity index (χ4v) is 4.02. The summed E-state index contributed by atoms with van der Waals surface area (Å²) in [4.78, 5) is 16.7. The van der Waals surface area contributed by atoms with Gasteiger partial charge in [-0.3, -0.25) is 9.48 Å². The zero-order valence-electron chi connectivity index (χ0n) is 14.3. The van der Waals surface area contributed by atoms with E-state index in [1.165, 1.54) is 31.2 Å². The Morgan fingerprint density at radius 2 is 2.04 bits per heavy atom. The molecule has 1 amide bonds. The molecule has 2 heterocycles.